The van der Waals surface area contributed by atoms with Crippen LogP contribution in [0.5, 0.6) is 0 Å². The number of halogens is 1. The van der Waals surface area contributed by atoms with Crippen molar-refractivity contribution in [2.75, 3.05) is 6.66 Å². The Morgan fingerprint density at radius 1 is 0.938 bits per heavy atom. The van der Waals surface area contributed by atoms with Gasteiger partial charge in [-0.25, -0.2) is 0 Å². The third kappa shape index (κ3) is 1.75. The van der Waals surface area contributed by atoms with Crippen molar-refractivity contribution < 1.29 is 24.0 Å². The van der Waals surface area contributed by atoms with E-state index in [-0.39, 0.29) is 24.0 Å². The fourth-order valence-corrected chi connectivity index (χ4v) is 8.49. The van der Waals surface area contributed by atoms with Gasteiger partial charge in [-0.1, -0.05) is 18.2 Å². The van der Waals surface area contributed by atoms with Crippen LogP contribution in [0, 0.1) is 0 Å². The Morgan fingerprint density at radius 3 is 1.75 bits per heavy atom. The largest absolute Gasteiger partial charge is 1.00 e. The fourth-order valence-electron chi connectivity index (χ4n) is 3.53. The van der Waals surface area contributed by atoms with Crippen LogP contribution in [0.1, 0.15) is 34.1 Å². The molecule has 2 rings (SSSR count). The molecule has 1 aromatic rings. The number of rotatable bonds is 1. The van der Waals surface area contributed by atoms with Crippen LogP contribution in [0.25, 0.3) is 0 Å². The highest BCUT2D eigenvalue weighted by atomic mass is 127. The molecular weight excluding hydrogens is 326 g/mol. The molecule has 0 saturated carbocycles. The van der Waals surface area contributed by atoms with E-state index >= 15 is 0 Å². The third-order valence-corrected chi connectivity index (χ3v) is 11.0. The van der Waals surface area contributed by atoms with Crippen molar-refractivity contribution >= 4 is 12.6 Å². The Balaban J connectivity index is 0.00000128. The average Bonchev–Trinajstić information content (AvgIpc) is 2.16. The van der Waals surface area contributed by atoms with Crippen LogP contribution in [0.4, 0.5) is 0 Å². The first-order chi connectivity index (χ1) is 6.81. The molecule has 0 N–H and O–H groups in total. The van der Waals surface area contributed by atoms with Crippen molar-refractivity contribution in [2.45, 2.75) is 44.4 Å². The zero-order valence-electron chi connectivity index (χ0n) is 10.9. The normalized spacial score (nSPS) is 24.1. The molecule has 0 amide bonds. The maximum absolute atomic E-state index is 2.53. The highest BCUT2D eigenvalue weighted by Gasteiger charge is 2.70. The molecule has 0 unspecified atom stereocenters. The van der Waals surface area contributed by atoms with Crippen molar-refractivity contribution in [1.82, 2.24) is 0 Å². The number of hydrogen-bond donors (Lipinski definition) is 0. The second-order valence-corrected chi connectivity index (χ2v) is 11.1. The molecular formula is C14H22IP. The van der Waals surface area contributed by atoms with Crippen molar-refractivity contribution in [1.29, 1.82) is 0 Å². The van der Waals surface area contributed by atoms with Crippen LogP contribution in [0.15, 0.2) is 30.3 Å². The first-order valence-corrected chi connectivity index (χ1v) is 7.97. The molecule has 1 heterocycles. The Bertz CT molecular complexity index is 354. The van der Waals surface area contributed by atoms with Gasteiger partial charge in [0, 0.05) is 6.42 Å². The lowest BCUT2D eigenvalue weighted by atomic mass is 9.96. The van der Waals surface area contributed by atoms with Gasteiger partial charge in [0.1, 0.15) is 0 Å². The highest BCUT2D eigenvalue weighted by Crippen LogP contribution is 2.84. The topological polar surface area (TPSA) is 0 Å². The van der Waals surface area contributed by atoms with E-state index in [1.807, 2.05) is 0 Å². The lowest BCUT2D eigenvalue weighted by Crippen LogP contribution is -3.00. The molecule has 1 saturated heterocycles. The van der Waals surface area contributed by atoms with Gasteiger partial charge in [0.25, 0.3) is 0 Å². The Hall–Kier alpha value is 0.380. The summed E-state index contributed by atoms with van der Waals surface area (Å²) in [6.07, 6.45) is 1.36. The van der Waals surface area contributed by atoms with Gasteiger partial charge in [0.05, 0.1) is 29.5 Å². The minimum atomic E-state index is -1.00. The monoisotopic (exact) mass is 348 g/mol. The van der Waals surface area contributed by atoms with E-state index < -0.39 is 7.26 Å². The van der Waals surface area contributed by atoms with Gasteiger partial charge in [-0.2, -0.15) is 0 Å². The van der Waals surface area contributed by atoms with Crippen molar-refractivity contribution in [3.05, 3.63) is 30.3 Å². The zero-order chi connectivity index (χ0) is 11.3. The predicted octanol–water partition coefficient (Wildman–Crippen LogP) is 0.924. The molecule has 0 aliphatic carbocycles. The number of hydrogen-bond acceptors (Lipinski definition) is 0. The minimum absolute atomic E-state index is 0. The first kappa shape index (κ1) is 14.4. The average molecular weight is 348 g/mol. The van der Waals surface area contributed by atoms with E-state index in [0.29, 0.717) is 10.3 Å². The van der Waals surface area contributed by atoms with Crippen LogP contribution in [-0.2, 0) is 0 Å². The van der Waals surface area contributed by atoms with E-state index in [0.717, 1.165) is 0 Å². The van der Waals surface area contributed by atoms with E-state index in [1.54, 1.807) is 5.30 Å². The summed E-state index contributed by atoms with van der Waals surface area (Å²) >= 11 is 0. The Kier molecular flexibility index (Phi) is 3.83. The lowest BCUT2D eigenvalue weighted by molar-refractivity contribution is -0.00000375. The van der Waals surface area contributed by atoms with Gasteiger partial charge in [0.15, 0.2) is 0 Å². The van der Waals surface area contributed by atoms with E-state index in [1.165, 1.54) is 6.42 Å². The molecule has 0 spiro atoms. The fraction of sp³-hybridized carbons (Fsp3) is 0.571. The molecule has 16 heavy (non-hydrogen) atoms. The highest BCUT2D eigenvalue weighted by molar-refractivity contribution is 7.86. The lowest BCUT2D eigenvalue weighted by Gasteiger charge is -2.58. The molecule has 1 aliphatic rings. The van der Waals surface area contributed by atoms with Crippen LogP contribution in [0.2, 0.25) is 0 Å². The molecule has 1 aliphatic heterocycles. The molecule has 1 fully saturated rings. The van der Waals surface area contributed by atoms with Gasteiger partial charge in [-0.3, -0.25) is 0 Å². The summed E-state index contributed by atoms with van der Waals surface area (Å²) in [7, 11) is -1.00. The summed E-state index contributed by atoms with van der Waals surface area (Å²) in [6, 6.07) is 11.2. The smallest absolute Gasteiger partial charge is 0.0947 e. The number of benzene rings is 1. The molecule has 0 radical (unpaired) electrons. The van der Waals surface area contributed by atoms with Crippen molar-refractivity contribution in [2.24, 2.45) is 0 Å². The summed E-state index contributed by atoms with van der Waals surface area (Å²) < 4.78 is 0. The van der Waals surface area contributed by atoms with Gasteiger partial charge >= 0.3 is 0 Å². The first-order valence-electron chi connectivity index (χ1n) is 5.74. The van der Waals surface area contributed by atoms with Gasteiger partial charge < -0.3 is 24.0 Å². The Labute approximate surface area is 118 Å². The molecule has 2 heteroatoms. The third-order valence-electron chi connectivity index (χ3n) is 4.56. The Morgan fingerprint density at radius 2 is 1.38 bits per heavy atom. The molecule has 0 atom stereocenters. The molecule has 1 aromatic carbocycles. The maximum Gasteiger partial charge on any atom is 0.0947 e. The molecule has 0 nitrogen and oxygen atoms in total. The van der Waals surface area contributed by atoms with Crippen molar-refractivity contribution in [3.8, 4) is 0 Å². The van der Waals surface area contributed by atoms with Gasteiger partial charge in [-0.05, 0) is 39.8 Å². The molecule has 90 valence electrons. The molecule has 0 bridgehead atoms. The quantitative estimate of drug-likeness (QED) is 0.523. The summed E-state index contributed by atoms with van der Waals surface area (Å²) in [5.41, 5.74) is 0. The second kappa shape index (κ2) is 4.24. The van der Waals surface area contributed by atoms with Gasteiger partial charge in [-0.15, -0.1) is 0 Å². The van der Waals surface area contributed by atoms with Crippen LogP contribution in [0.3, 0.4) is 0 Å². The second-order valence-electron chi connectivity index (χ2n) is 6.14. The molecule has 0 aromatic heterocycles. The van der Waals surface area contributed by atoms with Crippen LogP contribution < -0.4 is 29.3 Å². The van der Waals surface area contributed by atoms with E-state index in [4.69, 9.17) is 0 Å². The maximum atomic E-state index is 2.53. The van der Waals surface area contributed by atoms with Crippen LogP contribution in [-0.4, -0.2) is 17.0 Å². The van der Waals surface area contributed by atoms with Crippen LogP contribution >= 0.6 is 7.26 Å². The minimum Gasteiger partial charge on any atom is -1.00 e. The summed E-state index contributed by atoms with van der Waals surface area (Å²) in [6.45, 7) is 12.3. The standard InChI is InChI=1S/C14H22P.HI/c1-13(2)11-14(3,4)15(13,5)12-9-7-6-8-10-12;/h6-10H,11H2,1-5H3;1H/q+1;/p-1. The predicted molar refractivity (Wildman–Crippen MR) is 71.7 cm³/mol. The summed E-state index contributed by atoms with van der Waals surface area (Å²) in [5, 5.41) is 2.65. The van der Waals surface area contributed by atoms with Crippen molar-refractivity contribution in [3.63, 3.8) is 0 Å². The summed E-state index contributed by atoms with van der Waals surface area (Å²) in [5.74, 6) is 0. The summed E-state index contributed by atoms with van der Waals surface area (Å²) in [4.78, 5) is 0. The zero-order valence-corrected chi connectivity index (χ0v) is 14.0. The van der Waals surface area contributed by atoms with Gasteiger partial charge in [0.2, 0.25) is 0 Å². The SMILES string of the molecule is CC1(C)CC(C)(C)[P+]1(C)c1ccccc1.[I-]. The van der Waals surface area contributed by atoms with E-state index in [2.05, 4.69) is 64.7 Å². The van der Waals surface area contributed by atoms with E-state index in [9.17, 15) is 0 Å².